The second-order valence-corrected chi connectivity index (χ2v) is 7.78. The molecule has 4 rings (SSSR count). The number of rotatable bonds is 7. The van der Waals surface area contributed by atoms with Crippen molar-refractivity contribution in [2.24, 2.45) is 0 Å². The average molecular weight is 405 g/mol. The SMILES string of the molecule is CN(C)Cc1cccc(Nc2nccc(-c3ccc(OC4CCOCC4)cc3)n2)c1. The van der Waals surface area contributed by atoms with Crippen LogP contribution in [-0.2, 0) is 11.3 Å². The van der Waals surface area contributed by atoms with Crippen molar-refractivity contribution < 1.29 is 9.47 Å². The second kappa shape index (κ2) is 9.69. The van der Waals surface area contributed by atoms with E-state index in [-0.39, 0.29) is 6.10 Å². The summed E-state index contributed by atoms with van der Waals surface area (Å²) in [5, 5.41) is 3.32. The summed E-state index contributed by atoms with van der Waals surface area (Å²) in [6.45, 7) is 2.44. The largest absolute Gasteiger partial charge is 0.490 e. The first-order chi connectivity index (χ1) is 14.7. The van der Waals surface area contributed by atoms with Gasteiger partial charge in [-0.05, 0) is 62.1 Å². The molecule has 0 bridgehead atoms. The molecule has 1 aliphatic heterocycles. The summed E-state index contributed by atoms with van der Waals surface area (Å²) in [6, 6.07) is 18.3. The summed E-state index contributed by atoms with van der Waals surface area (Å²) in [7, 11) is 4.12. The lowest BCUT2D eigenvalue weighted by molar-refractivity contribution is 0.0256. The summed E-state index contributed by atoms with van der Waals surface area (Å²) < 4.78 is 11.4. The first-order valence-electron chi connectivity index (χ1n) is 10.3. The van der Waals surface area contributed by atoms with E-state index in [9.17, 15) is 0 Å². The third kappa shape index (κ3) is 5.55. The van der Waals surface area contributed by atoms with Crippen LogP contribution in [0.4, 0.5) is 11.6 Å². The minimum Gasteiger partial charge on any atom is -0.490 e. The molecule has 1 fully saturated rings. The van der Waals surface area contributed by atoms with Gasteiger partial charge in [-0.25, -0.2) is 9.97 Å². The molecule has 1 aliphatic rings. The van der Waals surface area contributed by atoms with Crippen LogP contribution < -0.4 is 10.1 Å². The van der Waals surface area contributed by atoms with Crippen molar-refractivity contribution in [3.05, 3.63) is 66.4 Å². The van der Waals surface area contributed by atoms with E-state index in [2.05, 4.69) is 46.4 Å². The Morgan fingerprint density at radius 3 is 2.63 bits per heavy atom. The molecule has 0 spiro atoms. The summed E-state index contributed by atoms with van der Waals surface area (Å²) in [5.74, 6) is 1.47. The molecule has 30 heavy (non-hydrogen) atoms. The lowest BCUT2D eigenvalue weighted by Gasteiger charge is -2.23. The van der Waals surface area contributed by atoms with Crippen molar-refractivity contribution in [1.82, 2.24) is 14.9 Å². The smallest absolute Gasteiger partial charge is 0.227 e. The Kier molecular flexibility index (Phi) is 6.57. The van der Waals surface area contributed by atoms with E-state index < -0.39 is 0 Å². The molecule has 1 saturated heterocycles. The number of hydrogen-bond acceptors (Lipinski definition) is 6. The Hall–Kier alpha value is -2.96. The lowest BCUT2D eigenvalue weighted by Crippen LogP contribution is -2.25. The minimum absolute atomic E-state index is 0.239. The molecule has 0 radical (unpaired) electrons. The van der Waals surface area contributed by atoms with Crippen molar-refractivity contribution in [2.75, 3.05) is 32.6 Å². The maximum atomic E-state index is 6.06. The lowest BCUT2D eigenvalue weighted by atomic mass is 10.1. The highest BCUT2D eigenvalue weighted by Gasteiger charge is 2.15. The van der Waals surface area contributed by atoms with Crippen LogP contribution in [0.5, 0.6) is 5.75 Å². The molecule has 3 aromatic rings. The van der Waals surface area contributed by atoms with E-state index >= 15 is 0 Å². The number of ether oxygens (including phenoxy) is 2. The highest BCUT2D eigenvalue weighted by atomic mass is 16.5. The first-order valence-corrected chi connectivity index (χ1v) is 10.3. The van der Waals surface area contributed by atoms with Gasteiger partial charge >= 0.3 is 0 Å². The Balaban J connectivity index is 1.44. The zero-order valence-electron chi connectivity index (χ0n) is 17.5. The molecule has 6 nitrogen and oxygen atoms in total. The molecule has 2 aromatic carbocycles. The summed E-state index contributed by atoms with van der Waals surface area (Å²) in [6.07, 6.45) is 3.90. The number of nitrogens with one attached hydrogen (secondary N) is 1. The quantitative estimate of drug-likeness (QED) is 0.625. The molecule has 0 saturated carbocycles. The van der Waals surface area contributed by atoms with Crippen molar-refractivity contribution in [3.63, 3.8) is 0 Å². The molecular formula is C24H28N4O2. The average Bonchev–Trinajstić information content (AvgIpc) is 2.75. The zero-order chi connectivity index (χ0) is 20.8. The van der Waals surface area contributed by atoms with Gasteiger partial charge < -0.3 is 19.7 Å². The van der Waals surface area contributed by atoms with E-state index in [0.717, 1.165) is 55.3 Å². The van der Waals surface area contributed by atoms with Crippen molar-refractivity contribution in [3.8, 4) is 17.0 Å². The zero-order valence-corrected chi connectivity index (χ0v) is 17.5. The second-order valence-electron chi connectivity index (χ2n) is 7.78. The van der Waals surface area contributed by atoms with Gasteiger partial charge in [0.15, 0.2) is 0 Å². The molecule has 2 heterocycles. The van der Waals surface area contributed by atoms with Gasteiger partial charge in [-0.1, -0.05) is 12.1 Å². The summed E-state index contributed by atoms with van der Waals surface area (Å²) in [5.41, 5.74) is 4.11. The van der Waals surface area contributed by atoms with Crippen LogP contribution in [0.3, 0.4) is 0 Å². The monoisotopic (exact) mass is 404 g/mol. The summed E-state index contributed by atoms with van der Waals surface area (Å²) in [4.78, 5) is 11.2. The third-order valence-electron chi connectivity index (χ3n) is 4.96. The maximum absolute atomic E-state index is 6.06. The number of benzene rings is 2. The third-order valence-corrected chi connectivity index (χ3v) is 4.96. The van der Waals surface area contributed by atoms with E-state index in [1.54, 1.807) is 6.20 Å². The van der Waals surface area contributed by atoms with E-state index in [4.69, 9.17) is 9.47 Å². The molecular weight excluding hydrogens is 376 g/mol. The van der Waals surface area contributed by atoms with Gasteiger partial charge in [-0.3, -0.25) is 0 Å². The predicted octanol–water partition coefficient (Wildman–Crippen LogP) is 4.51. The van der Waals surface area contributed by atoms with Crippen LogP contribution in [0.1, 0.15) is 18.4 Å². The normalized spacial score (nSPS) is 14.6. The van der Waals surface area contributed by atoms with E-state index in [1.165, 1.54) is 5.56 Å². The topological polar surface area (TPSA) is 59.5 Å². The van der Waals surface area contributed by atoms with Crippen LogP contribution in [-0.4, -0.2) is 48.3 Å². The molecule has 1 aromatic heterocycles. The number of anilines is 2. The molecule has 0 amide bonds. The van der Waals surface area contributed by atoms with Crippen LogP contribution >= 0.6 is 0 Å². The molecule has 6 heteroatoms. The highest BCUT2D eigenvalue weighted by molar-refractivity contribution is 5.63. The van der Waals surface area contributed by atoms with Crippen LogP contribution in [0.15, 0.2) is 60.8 Å². The van der Waals surface area contributed by atoms with Gasteiger partial charge in [0, 0.05) is 36.8 Å². The molecule has 1 N–H and O–H groups in total. The Morgan fingerprint density at radius 2 is 1.87 bits per heavy atom. The maximum Gasteiger partial charge on any atom is 0.227 e. The Bertz CT molecular complexity index is 953. The fraction of sp³-hybridized carbons (Fsp3) is 0.333. The number of nitrogens with zero attached hydrogens (tertiary/aromatic N) is 3. The minimum atomic E-state index is 0.239. The molecule has 0 aliphatic carbocycles. The fourth-order valence-corrected chi connectivity index (χ4v) is 3.51. The van der Waals surface area contributed by atoms with Crippen LogP contribution in [0.2, 0.25) is 0 Å². The molecule has 156 valence electrons. The van der Waals surface area contributed by atoms with E-state index in [1.807, 2.05) is 42.5 Å². The first kappa shape index (κ1) is 20.3. The van der Waals surface area contributed by atoms with Crippen molar-refractivity contribution in [2.45, 2.75) is 25.5 Å². The van der Waals surface area contributed by atoms with Gasteiger partial charge in [-0.2, -0.15) is 0 Å². The summed E-state index contributed by atoms with van der Waals surface area (Å²) >= 11 is 0. The molecule has 0 atom stereocenters. The number of hydrogen-bond donors (Lipinski definition) is 1. The molecule has 0 unspecified atom stereocenters. The van der Waals surface area contributed by atoms with Gasteiger partial charge in [0.2, 0.25) is 5.95 Å². The van der Waals surface area contributed by atoms with Crippen LogP contribution in [0, 0.1) is 0 Å². The van der Waals surface area contributed by atoms with E-state index in [0.29, 0.717) is 5.95 Å². The van der Waals surface area contributed by atoms with Crippen molar-refractivity contribution in [1.29, 1.82) is 0 Å². The van der Waals surface area contributed by atoms with Gasteiger partial charge in [-0.15, -0.1) is 0 Å². The predicted molar refractivity (Wildman–Crippen MR) is 119 cm³/mol. The van der Waals surface area contributed by atoms with Gasteiger partial charge in [0.25, 0.3) is 0 Å². The fourth-order valence-electron chi connectivity index (χ4n) is 3.51. The highest BCUT2D eigenvalue weighted by Crippen LogP contribution is 2.24. The van der Waals surface area contributed by atoms with Crippen LogP contribution in [0.25, 0.3) is 11.3 Å². The van der Waals surface area contributed by atoms with Gasteiger partial charge in [0.05, 0.1) is 18.9 Å². The van der Waals surface area contributed by atoms with Crippen molar-refractivity contribution >= 4 is 11.6 Å². The van der Waals surface area contributed by atoms with Gasteiger partial charge in [0.1, 0.15) is 11.9 Å². The standard InChI is InChI=1S/C24H28N4O2/c1-28(2)17-18-4-3-5-20(16-18)26-24-25-13-10-23(27-24)19-6-8-21(9-7-19)30-22-11-14-29-15-12-22/h3-10,13,16,22H,11-12,14-15,17H2,1-2H3,(H,25,26,27). The number of aromatic nitrogens is 2. The Morgan fingerprint density at radius 1 is 1.07 bits per heavy atom. The Labute approximate surface area is 177 Å².